The first-order chi connectivity index (χ1) is 8.38. The number of carbonyl (C=O) groups is 1. The number of hydrogen-bond acceptors (Lipinski definition) is 4. The summed E-state index contributed by atoms with van der Waals surface area (Å²) < 4.78 is 31.9. The third-order valence-corrected chi connectivity index (χ3v) is 2.71. The molecule has 0 unspecified atom stereocenters. The summed E-state index contributed by atoms with van der Waals surface area (Å²) in [7, 11) is 0. The van der Waals surface area contributed by atoms with Crippen LogP contribution in [0.1, 0.15) is 42.4 Å². The molecule has 0 spiro atoms. The first-order valence-corrected chi connectivity index (χ1v) is 5.53. The molecule has 1 fully saturated rings. The standard InChI is InChI=1S/C11H12F2N2O3/c1-11(12,13)8-9(18-6-3-2-4-6)15-7(5-14-8)10(16)17/h5-6H,2-4H2,1H3,(H,16,17). The summed E-state index contributed by atoms with van der Waals surface area (Å²) in [6, 6.07) is 0. The lowest BCUT2D eigenvalue weighted by Gasteiger charge is -2.27. The maximum atomic E-state index is 13.3. The Balaban J connectivity index is 2.35. The number of carboxylic acids is 1. The van der Waals surface area contributed by atoms with Gasteiger partial charge in [-0.25, -0.2) is 14.8 Å². The molecular weight excluding hydrogens is 246 g/mol. The third kappa shape index (κ3) is 2.55. The van der Waals surface area contributed by atoms with E-state index in [1.165, 1.54) is 0 Å². The highest BCUT2D eigenvalue weighted by atomic mass is 19.3. The fourth-order valence-corrected chi connectivity index (χ4v) is 1.50. The second kappa shape index (κ2) is 4.47. The van der Waals surface area contributed by atoms with E-state index in [9.17, 15) is 13.6 Å². The van der Waals surface area contributed by atoms with Gasteiger partial charge in [-0.3, -0.25) is 0 Å². The quantitative estimate of drug-likeness (QED) is 0.896. The van der Waals surface area contributed by atoms with E-state index >= 15 is 0 Å². The van der Waals surface area contributed by atoms with Crippen molar-refractivity contribution >= 4 is 5.97 Å². The molecule has 0 aromatic carbocycles. The Morgan fingerprint density at radius 2 is 2.22 bits per heavy atom. The minimum atomic E-state index is -3.22. The van der Waals surface area contributed by atoms with Gasteiger partial charge in [0.15, 0.2) is 11.4 Å². The maximum Gasteiger partial charge on any atom is 0.356 e. The van der Waals surface area contributed by atoms with Gasteiger partial charge in [-0.1, -0.05) is 0 Å². The Morgan fingerprint density at radius 1 is 1.56 bits per heavy atom. The Labute approximate surface area is 102 Å². The first kappa shape index (κ1) is 12.7. The lowest BCUT2D eigenvalue weighted by molar-refractivity contribution is 0.00442. The fourth-order valence-electron chi connectivity index (χ4n) is 1.50. The molecule has 18 heavy (non-hydrogen) atoms. The molecule has 0 saturated heterocycles. The Hall–Kier alpha value is -1.79. The summed E-state index contributed by atoms with van der Waals surface area (Å²) in [6.07, 6.45) is 3.11. The molecule has 0 amide bonds. The normalized spacial score (nSPS) is 16.2. The van der Waals surface area contributed by atoms with Gasteiger partial charge in [0.05, 0.1) is 6.20 Å². The number of rotatable bonds is 4. The van der Waals surface area contributed by atoms with E-state index in [1.807, 2.05) is 0 Å². The van der Waals surface area contributed by atoms with E-state index < -0.39 is 23.3 Å². The van der Waals surface area contributed by atoms with Crippen molar-refractivity contribution in [2.75, 3.05) is 0 Å². The van der Waals surface area contributed by atoms with Gasteiger partial charge in [0.25, 0.3) is 5.92 Å². The van der Waals surface area contributed by atoms with Crippen LogP contribution in [-0.4, -0.2) is 27.1 Å². The van der Waals surface area contributed by atoms with Crippen LogP contribution in [0.4, 0.5) is 8.78 Å². The van der Waals surface area contributed by atoms with Crippen LogP contribution in [0.15, 0.2) is 6.20 Å². The third-order valence-electron chi connectivity index (χ3n) is 2.71. The zero-order valence-corrected chi connectivity index (χ0v) is 9.69. The average Bonchev–Trinajstić information content (AvgIpc) is 2.21. The highest BCUT2D eigenvalue weighted by Crippen LogP contribution is 2.34. The number of ether oxygens (including phenoxy) is 1. The number of aromatic nitrogens is 2. The SMILES string of the molecule is CC(F)(F)c1ncc(C(=O)O)nc1OC1CCC1. The zero-order chi connectivity index (χ0) is 13.3. The number of halogens is 2. The summed E-state index contributed by atoms with van der Waals surface area (Å²) >= 11 is 0. The van der Waals surface area contributed by atoms with E-state index in [-0.39, 0.29) is 12.0 Å². The largest absolute Gasteiger partial charge is 0.476 e. The van der Waals surface area contributed by atoms with Crippen molar-refractivity contribution in [3.63, 3.8) is 0 Å². The van der Waals surface area contributed by atoms with Crippen LogP contribution in [0.5, 0.6) is 5.88 Å². The summed E-state index contributed by atoms with van der Waals surface area (Å²) in [5.74, 6) is -4.93. The predicted molar refractivity (Wildman–Crippen MR) is 56.8 cm³/mol. The molecule has 2 rings (SSSR count). The van der Waals surface area contributed by atoms with Gasteiger partial charge in [-0.15, -0.1) is 0 Å². The lowest BCUT2D eigenvalue weighted by atomic mass is 9.96. The van der Waals surface area contributed by atoms with Gasteiger partial charge in [0.2, 0.25) is 5.88 Å². The molecule has 98 valence electrons. The van der Waals surface area contributed by atoms with Crippen LogP contribution in [0, 0.1) is 0 Å². The molecule has 1 saturated carbocycles. The predicted octanol–water partition coefficient (Wildman–Crippen LogP) is 2.22. The molecule has 0 atom stereocenters. The molecule has 1 heterocycles. The van der Waals surface area contributed by atoms with Crippen LogP contribution in [0.2, 0.25) is 0 Å². The summed E-state index contributed by atoms with van der Waals surface area (Å²) in [5.41, 5.74) is -1.03. The van der Waals surface area contributed by atoms with Crippen molar-refractivity contribution in [3.8, 4) is 5.88 Å². The van der Waals surface area contributed by atoms with E-state index in [1.54, 1.807) is 0 Å². The Kier molecular flexibility index (Phi) is 3.14. The zero-order valence-electron chi connectivity index (χ0n) is 9.69. The summed E-state index contributed by atoms with van der Waals surface area (Å²) in [4.78, 5) is 17.8. The Bertz CT molecular complexity index is 470. The minimum Gasteiger partial charge on any atom is -0.476 e. The number of nitrogens with zero attached hydrogens (tertiary/aromatic N) is 2. The van der Waals surface area contributed by atoms with E-state index in [4.69, 9.17) is 9.84 Å². The number of carboxylic acid groups (broad SMARTS) is 1. The first-order valence-electron chi connectivity index (χ1n) is 5.53. The van der Waals surface area contributed by atoms with Crippen LogP contribution < -0.4 is 4.74 Å². The van der Waals surface area contributed by atoms with E-state index in [0.717, 1.165) is 25.5 Å². The van der Waals surface area contributed by atoms with Gasteiger partial charge >= 0.3 is 5.97 Å². The number of hydrogen-bond donors (Lipinski definition) is 1. The van der Waals surface area contributed by atoms with E-state index in [2.05, 4.69) is 9.97 Å². The molecule has 1 N–H and O–H groups in total. The average molecular weight is 258 g/mol. The maximum absolute atomic E-state index is 13.3. The van der Waals surface area contributed by atoms with Gasteiger partial charge in [0.1, 0.15) is 6.10 Å². The van der Waals surface area contributed by atoms with Crippen LogP contribution in [-0.2, 0) is 5.92 Å². The molecule has 1 aliphatic carbocycles. The molecule has 1 aliphatic rings. The fraction of sp³-hybridized carbons (Fsp3) is 0.545. The van der Waals surface area contributed by atoms with Crippen LogP contribution in [0.25, 0.3) is 0 Å². The summed E-state index contributed by atoms with van der Waals surface area (Å²) in [5, 5.41) is 8.76. The second-order valence-electron chi connectivity index (χ2n) is 4.27. The van der Waals surface area contributed by atoms with Crippen molar-refractivity contribution in [1.82, 2.24) is 9.97 Å². The van der Waals surface area contributed by atoms with Crippen molar-refractivity contribution in [2.24, 2.45) is 0 Å². The lowest BCUT2D eigenvalue weighted by Crippen LogP contribution is -2.27. The molecule has 7 heteroatoms. The van der Waals surface area contributed by atoms with Crippen molar-refractivity contribution in [1.29, 1.82) is 0 Å². The monoisotopic (exact) mass is 258 g/mol. The Morgan fingerprint density at radius 3 is 2.67 bits per heavy atom. The molecule has 1 aromatic rings. The molecule has 1 aromatic heterocycles. The van der Waals surface area contributed by atoms with Crippen molar-refractivity contribution < 1.29 is 23.4 Å². The van der Waals surface area contributed by atoms with Crippen LogP contribution in [0.3, 0.4) is 0 Å². The van der Waals surface area contributed by atoms with Gasteiger partial charge in [-0.05, 0) is 19.3 Å². The molecule has 0 bridgehead atoms. The molecule has 0 radical (unpaired) electrons. The van der Waals surface area contributed by atoms with E-state index in [0.29, 0.717) is 6.92 Å². The molecule has 0 aliphatic heterocycles. The topological polar surface area (TPSA) is 72.3 Å². The second-order valence-corrected chi connectivity index (χ2v) is 4.27. The molecule has 5 nitrogen and oxygen atoms in total. The van der Waals surface area contributed by atoms with Gasteiger partial charge < -0.3 is 9.84 Å². The van der Waals surface area contributed by atoms with Gasteiger partial charge in [0, 0.05) is 6.92 Å². The highest BCUT2D eigenvalue weighted by Gasteiger charge is 2.34. The van der Waals surface area contributed by atoms with Crippen LogP contribution >= 0.6 is 0 Å². The molecular formula is C11H12F2N2O3. The number of alkyl halides is 2. The number of aromatic carboxylic acids is 1. The minimum absolute atomic E-state index is 0.176. The summed E-state index contributed by atoms with van der Waals surface area (Å²) in [6.45, 7) is 0.672. The highest BCUT2D eigenvalue weighted by molar-refractivity contribution is 5.85. The van der Waals surface area contributed by atoms with Crippen molar-refractivity contribution in [2.45, 2.75) is 38.2 Å². The van der Waals surface area contributed by atoms with Crippen molar-refractivity contribution in [3.05, 3.63) is 17.6 Å². The van der Waals surface area contributed by atoms with Gasteiger partial charge in [-0.2, -0.15) is 8.78 Å². The smallest absolute Gasteiger partial charge is 0.356 e.